The highest BCUT2D eigenvalue weighted by atomic mass is 127. The maximum atomic E-state index is 11.9. The minimum Gasteiger partial charge on any atom is -0.288 e. The molecule has 1 aromatic heterocycles. The van der Waals surface area contributed by atoms with Crippen LogP contribution >= 0.6 is 22.6 Å². The number of anilines is 1. The van der Waals surface area contributed by atoms with E-state index in [2.05, 4.69) is 49.9 Å². The van der Waals surface area contributed by atoms with Crippen molar-refractivity contribution in [1.29, 1.82) is 0 Å². The van der Waals surface area contributed by atoms with Gasteiger partial charge in [0.2, 0.25) is 0 Å². The van der Waals surface area contributed by atoms with Crippen molar-refractivity contribution in [3.05, 3.63) is 46.1 Å². The Morgan fingerprint density at radius 2 is 2.28 bits per heavy atom. The first-order valence-electron chi connectivity index (χ1n) is 5.15. The van der Waals surface area contributed by atoms with Gasteiger partial charge in [-0.15, -0.1) is 11.7 Å². The van der Waals surface area contributed by atoms with Crippen LogP contribution < -0.4 is 5.32 Å². The van der Waals surface area contributed by atoms with Crippen LogP contribution in [0.25, 0.3) is 0 Å². The predicted molar refractivity (Wildman–Crippen MR) is 75.1 cm³/mol. The molecule has 2 aromatic rings. The summed E-state index contributed by atoms with van der Waals surface area (Å²) in [6.07, 6.45) is 1.65. The quantitative estimate of drug-likeness (QED) is 0.670. The number of carbonyl (C=O) groups excluding carboxylic acids is 1. The molecule has 2 rings (SSSR count). The number of halogens is 1. The van der Waals surface area contributed by atoms with Crippen molar-refractivity contribution in [2.45, 2.75) is 6.54 Å². The van der Waals surface area contributed by atoms with Gasteiger partial charge in [-0.25, -0.2) is 0 Å². The Morgan fingerprint density at radius 3 is 3.00 bits per heavy atom. The summed E-state index contributed by atoms with van der Waals surface area (Å²) >= 11 is 2.10. The van der Waals surface area contributed by atoms with Gasteiger partial charge in [0.1, 0.15) is 0 Å². The fourth-order valence-corrected chi connectivity index (χ4v) is 1.93. The number of nitrogens with one attached hydrogen (secondary N) is 1. The van der Waals surface area contributed by atoms with Crippen LogP contribution in [0.5, 0.6) is 0 Å². The molecule has 1 N–H and O–H groups in total. The van der Waals surface area contributed by atoms with Crippen LogP contribution in [0.2, 0.25) is 0 Å². The summed E-state index contributed by atoms with van der Waals surface area (Å²) in [4.78, 5) is 13.3. The zero-order valence-corrected chi connectivity index (χ0v) is 11.5. The van der Waals surface area contributed by atoms with E-state index < -0.39 is 0 Å². The van der Waals surface area contributed by atoms with Crippen molar-refractivity contribution >= 4 is 34.4 Å². The van der Waals surface area contributed by atoms with Gasteiger partial charge in [-0.05, 0) is 39.9 Å². The third kappa shape index (κ3) is 2.92. The standard InChI is InChI=1S/C11H10IN5O/c1-2-7-17-15-11(14-16-17)13-10(18)8-5-3-4-6-9(8)12/h2-6H,1,7H2,(H,13,15,18). The number of tetrazole rings is 1. The van der Waals surface area contributed by atoms with Crippen LogP contribution in [0.3, 0.4) is 0 Å². The molecule has 0 aliphatic rings. The predicted octanol–water partition coefficient (Wildman–Crippen LogP) is 1.72. The van der Waals surface area contributed by atoms with Crippen molar-refractivity contribution in [3.8, 4) is 0 Å². The van der Waals surface area contributed by atoms with Crippen LogP contribution in [0.4, 0.5) is 5.95 Å². The van der Waals surface area contributed by atoms with Gasteiger partial charge in [-0.1, -0.05) is 23.3 Å². The Morgan fingerprint density at radius 1 is 1.50 bits per heavy atom. The summed E-state index contributed by atoms with van der Waals surface area (Å²) in [5.74, 6) is -0.0698. The Kier molecular flexibility index (Phi) is 4.03. The van der Waals surface area contributed by atoms with Gasteiger partial charge in [-0.2, -0.15) is 4.80 Å². The first-order chi connectivity index (χ1) is 8.70. The van der Waals surface area contributed by atoms with Crippen molar-refractivity contribution < 1.29 is 4.79 Å². The molecule has 0 saturated heterocycles. The van der Waals surface area contributed by atoms with E-state index in [9.17, 15) is 4.79 Å². The number of carbonyl (C=O) groups is 1. The second-order valence-electron chi connectivity index (χ2n) is 3.39. The molecule has 1 heterocycles. The molecular formula is C11H10IN5O. The molecule has 1 aromatic carbocycles. The molecule has 0 fully saturated rings. The highest BCUT2D eigenvalue weighted by Gasteiger charge is 2.11. The average Bonchev–Trinajstić information content (AvgIpc) is 2.77. The van der Waals surface area contributed by atoms with Gasteiger partial charge < -0.3 is 0 Å². The van der Waals surface area contributed by atoms with Crippen molar-refractivity contribution in [1.82, 2.24) is 20.2 Å². The monoisotopic (exact) mass is 355 g/mol. The molecule has 0 spiro atoms. The number of hydrogen-bond donors (Lipinski definition) is 1. The molecule has 0 aliphatic heterocycles. The minimum absolute atomic E-state index is 0.182. The summed E-state index contributed by atoms with van der Waals surface area (Å²) in [6.45, 7) is 4.02. The fraction of sp³-hybridized carbons (Fsp3) is 0.0909. The van der Waals surface area contributed by atoms with E-state index in [1.54, 1.807) is 18.2 Å². The van der Waals surface area contributed by atoms with Crippen LogP contribution in [-0.4, -0.2) is 26.1 Å². The van der Waals surface area contributed by atoms with E-state index in [4.69, 9.17) is 0 Å². The Balaban J connectivity index is 2.11. The minimum atomic E-state index is -0.252. The van der Waals surface area contributed by atoms with Gasteiger partial charge >= 0.3 is 0 Å². The Labute approximate surface area is 117 Å². The molecular weight excluding hydrogens is 345 g/mol. The van der Waals surface area contributed by atoms with E-state index >= 15 is 0 Å². The number of hydrogen-bond acceptors (Lipinski definition) is 4. The average molecular weight is 355 g/mol. The third-order valence-electron chi connectivity index (χ3n) is 2.09. The molecule has 0 aliphatic carbocycles. The van der Waals surface area contributed by atoms with E-state index in [1.165, 1.54) is 4.80 Å². The summed E-state index contributed by atoms with van der Waals surface area (Å²) in [7, 11) is 0. The van der Waals surface area contributed by atoms with Gasteiger partial charge in [-0.3, -0.25) is 10.1 Å². The number of benzene rings is 1. The number of rotatable bonds is 4. The molecule has 0 radical (unpaired) electrons. The molecule has 92 valence electrons. The molecule has 0 atom stereocenters. The van der Waals surface area contributed by atoms with Crippen LogP contribution in [0.15, 0.2) is 36.9 Å². The fourth-order valence-electron chi connectivity index (χ4n) is 1.30. The van der Waals surface area contributed by atoms with E-state index in [1.807, 2.05) is 12.1 Å². The smallest absolute Gasteiger partial charge is 0.270 e. The molecule has 0 saturated carbocycles. The van der Waals surface area contributed by atoms with Gasteiger partial charge in [0.25, 0.3) is 11.9 Å². The highest BCUT2D eigenvalue weighted by Crippen LogP contribution is 2.12. The third-order valence-corrected chi connectivity index (χ3v) is 3.03. The maximum absolute atomic E-state index is 11.9. The lowest BCUT2D eigenvalue weighted by molar-refractivity contribution is 0.102. The number of amides is 1. The normalized spacial score (nSPS) is 10.1. The van der Waals surface area contributed by atoms with Gasteiger partial charge in [0, 0.05) is 3.57 Å². The van der Waals surface area contributed by atoms with Crippen LogP contribution in [0.1, 0.15) is 10.4 Å². The number of nitrogens with zero attached hydrogens (tertiary/aromatic N) is 4. The SMILES string of the molecule is C=CCn1nnc(NC(=O)c2ccccc2I)n1. The molecule has 7 heteroatoms. The lowest BCUT2D eigenvalue weighted by Crippen LogP contribution is -2.14. The highest BCUT2D eigenvalue weighted by molar-refractivity contribution is 14.1. The van der Waals surface area contributed by atoms with Crippen LogP contribution in [-0.2, 0) is 6.54 Å². The Bertz CT molecular complexity index is 580. The number of aromatic nitrogens is 4. The van der Waals surface area contributed by atoms with Gasteiger partial charge in [0.05, 0.1) is 12.1 Å². The maximum Gasteiger partial charge on any atom is 0.270 e. The van der Waals surface area contributed by atoms with Crippen LogP contribution in [0, 0.1) is 3.57 Å². The molecule has 0 unspecified atom stereocenters. The second-order valence-corrected chi connectivity index (χ2v) is 4.55. The topological polar surface area (TPSA) is 72.7 Å². The summed E-state index contributed by atoms with van der Waals surface area (Å²) in [6, 6.07) is 7.28. The molecule has 18 heavy (non-hydrogen) atoms. The van der Waals surface area contributed by atoms with Crippen molar-refractivity contribution in [3.63, 3.8) is 0 Å². The zero-order valence-electron chi connectivity index (χ0n) is 9.38. The first-order valence-corrected chi connectivity index (χ1v) is 6.23. The summed E-state index contributed by atoms with van der Waals surface area (Å²) in [5.41, 5.74) is 0.582. The van der Waals surface area contributed by atoms with Gasteiger partial charge in [0.15, 0.2) is 0 Å². The lowest BCUT2D eigenvalue weighted by atomic mass is 10.2. The second kappa shape index (κ2) is 5.71. The van der Waals surface area contributed by atoms with Crippen molar-refractivity contribution in [2.24, 2.45) is 0 Å². The van der Waals surface area contributed by atoms with E-state index in [0.29, 0.717) is 12.1 Å². The zero-order chi connectivity index (χ0) is 13.0. The molecule has 6 nitrogen and oxygen atoms in total. The Hall–Kier alpha value is -1.77. The molecule has 0 bridgehead atoms. The summed E-state index contributed by atoms with van der Waals surface area (Å²) in [5, 5.41) is 14.1. The first kappa shape index (κ1) is 12.7. The largest absolute Gasteiger partial charge is 0.288 e. The van der Waals surface area contributed by atoms with E-state index in [0.717, 1.165) is 3.57 Å². The number of allylic oxidation sites excluding steroid dienone is 1. The summed E-state index contributed by atoms with van der Waals surface area (Å²) < 4.78 is 0.867. The van der Waals surface area contributed by atoms with Crippen molar-refractivity contribution in [2.75, 3.05) is 5.32 Å². The lowest BCUT2D eigenvalue weighted by Gasteiger charge is -2.02. The van der Waals surface area contributed by atoms with E-state index in [-0.39, 0.29) is 11.9 Å². The molecule has 1 amide bonds.